The predicted molar refractivity (Wildman–Crippen MR) is 65.1 cm³/mol. The molecule has 1 saturated heterocycles. The maximum atomic E-state index is 13.5. The average molecular weight is 240 g/mol. The highest BCUT2D eigenvalue weighted by Gasteiger charge is 2.24. The molecule has 1 unspecified atom stereocenters. The predicted octanol–water partition coefficient (Wildman–Crippen LogP) is 2.86. The molecule has 1 heterocycles. The molecule has 1 aliphatic heterocycles. The lowest BCUT2D eigenvalue weighted by atomic mass is 10.2. The first-order valence-electron chi connectivity index (χ1n) is 6.02. The Balaban J connectivity index is 2.00. The van der Waals surface area contributed by atoms with Gasteiger partial charge in [-0.1, -0.05) is 6.07 Å². The fourth-order valence-corrected chi connectivity index (χ4v) is 2.21. The van der Waals surface area contributed by atoms with Gasteiger partial charge in [0.15, 0.2) is 11.6 Å². The van der Waals surface area contributed by atoms with Crippen molar-refractivity contribution in [3.05, 3.63) is 29.8 Å². The Bertz CT molecular complexity index is 393. The van der Waals surface area contributed by atoms with E-state index in [4.69, 9.17) is 0 Å². The highest BCUT2D eigenvalue weighted by Crippen LogP contribution is 2.21. The quantitative estimate of drug-likeness (QED) is 0.874. The van der Waals surface area contributed by atoms with Crippen LogP contribution in [0.3, 0.4) is 0 Å². The van der Waals surface area contributed by atoms with Crippen molar-refractivity contribution in [3.8, 4) is 0 Å². The van der Waals surface area contributed by atoms with Crippen LogP contribution in [0, 0.1) is 11.6 Å². The number of hydrogen-bond donors (Lipinski definition) is 1. The number of benzene rings is 1. The first-order chi connectivity index (χ1) is 8.08. The molecule has 0 aromatic heterocycles. The van der Waals surface area contributed by atoms with E-state index in [0.717, 1.165) is 25.6 Å². The lowest BCUT2D eigenvalue weighted by Crippen LogP contribution is -2.31. The molecule has 17 heavy (non-hydrogen) atoms. The summed E-state index contributed by atoms with van der Waals surface area (Å²) in [6.45, 7) is 6.18. The Labute approximate surface area is 101 Å². The molecule has 1 N–H and O–H groups in total. The zero-order valence-corrected chi connectivity index (χ0v) is 10.2. The Kier molecular flexibility index (Phi) is 3.62. The van der Waals surface area contributed by atoms with Crippen LogP contribution in [0.4, 0.5) is 14.5 Å². The molecule has 0 bridgehead atoms. The van der Waals surface area contributed by atoms with Crippen LogP contribution < -0.4 is 5.32 Å². The minimum atomic E-state index is -0.797. The van der Waals surface area contributed by atoms with Crippen molar-refractivity contribution >= 4 is 5.69 Å². The van der Waals surface area contributed by atoms with Crippen LogP contribution in [0.1, 0.15) is 20.3 Å². The van der Waals surface area contributed by atoms with E-state index in [2.05, 4.69) is 24.1 Å². The summed E-state index contributed by atoms with van der Waals surface area (Å²) < 4.78 is 26.5. The third-order valence-electron chi connectivity index (χ3n) is 3.26. The van der Waals surface area contributed by atoms with Gasteiger partial charge in [0.2, 0.25) is 0 Å². The van der Waals surface area contributed by atoms with Crippen LogP contribution in [0.25, 0.3) is 0 Å². The monoisotopic (exact) mass is 240 g/mol. The number of hydrogen-bond acceptors (Lipinski definition) is 2. The van der Waals surface area contributed by atoms with Crippen molar-refractivity contribution in [1.29, 1.82) is 0 Å². The van der Waals surface area contributed by atoms with Gasteiger partial charge >= 0.3 is 0 Å². The van der Waals surface area contributed by atoms with Gasteiger partial charge in [0, 0.05) is 25.2 Å². The molecule has 1 aromatic rings. The van der Waals surface area contributed by atoms with Crippen molar-refractivity contribution in [2.75, 3.05) is 18.4 Å². The average Bonchev–Trinajstić information content (AvgIpc) is 2.73. The Morgan fingerprint density at radius 2 is 2.12 bits per heavy atom. The number of anilines is 1. The van der Waals surface area contributed by atoms with Crippen molar-refractivity contribution in [2.45, 2.75) is 32.4 Å². The molecular weight excluding hydrogens is 222 g/mol. The second kappa shape index (κ2) is 5.00. The lowest BCUT2D eigenvalue weighted by Gasteiger charge is -2.21. The topological polar surface area (TPSA) is 15.3 Å². The standard InChI is InChI=1S/C13H18F2N2/c1-9(2)17-7-6-10(8-17)16-12-5-3-4-11(14)13(12)15/h3-5,9-10,16H,6-8H2,1-2H3. The Morgan fingerprint density at radius 1 is 1.35 bits per heavy atom. The van der Waals surface area contributed by atoms with E-state index in [1.54, 1.807) is 6.07 Å². The molecule has 0 amide bonds. The van der Waals surface area contributed by atoms with Gasteiger partial charge in [0.25, 0.3) is 0 Å². The first-order valence-corrected chi connectivity index (χ1v) is 6.02. The normalized spacial score (nSPS) is 21.1. The zero-order valence-electron chi connectivity index (χ0n) is 10.2. The minimum Gasteiger partial charge on any atom is -0.379 e. The second-order valence-electron chi connectivity index (χ2n) is 4.82. The van der Waals surface area contributed by atoms with Crippen LogP contribution in [-0.4, -0.2) is 30.1 Å². The maximum Gasteiger partial charge on any atom is 0.181 e. The molecule has 94 valence electrons. The van der Waals surface area contributed by atoms with Crippen molar-refractivity contribution < 1.29 is 8.78 Å². The summed E-state index contributed by atoms with van der Waals surface area (Å²) in [7, 11) is 0. The molecule has 1 atom stereocenters. The van der Waals surface area contributed by atoms with E-state index in [1.807, 2.05) is 0 Å². The van der Waals surface area contributed by atoms with Gasteiger partial charge < -0.3 is 5.32 Å². The third kappa shape index (κ3) is 2.75. The Hall–Kier alpha value is -1.16. The van der Waals surface area contributed by atoms with Gasteiger partial charge in [-0.05, 0) is 32.4 Å². The maximum absolute atomic E-state index is 13.5. The van der Waals surface area contributed by atoms with Gasteiger partial charge in [-0.2, -0.15) is 0 Å². The van der Waals surface area contributed by atoms with Crippen molar-refractivity contribution in [2.24, 2.45) is 0 Å². The summed E-state index contributed by atoms with van der Waals surface area (Å²) in [5.74, 6) is -1.58. The number of nitrogens with zero attached hydrogens (tertiary/aromatic N) is 1. The van der Waals surface area contributed by atoms with Crippen molar-refractivity contribution in [1.82, 2.24) is 4.90 Å². The number of rotatable bonds is 3. The molecule has 1 fully saturated rings. The number of likely N-dealkylation sites (tertiary alicyclic amines) is 1. The highest BCUT2D eigenvalue weighted by atomic mass is 19.2. The van der Waals surface area contributed by atoms with Gasteiger partial charge in [-0.15, -0.1) is 0 Å². The summed E-state index contributed by atoms with van der Waals surface area (Å²) in [5, 5.41) is 3.08. The third-order valence-corrected chi connectivity index (χ3v) is 3.26. The van der Waals surface area contributed by atoms with Gasteiger partial charge in [-0.3, -0.25) is 4.90 Å². The molecule has 1 aromatic carbocycles. The fraction of sp³-hybridized carbons (Fsp3) is 0.538. The summed E-state index contributed by atoms with van der Waals surface area (Å²) in [4.78, 5) is 2.33. The Morgan fingerprint density at radius 3 is 2.76 bits per heavy atom. The molecule has 1 aliphatic rings. The molecule has 0 spiro atoms. The van der Waals surface area contributed by atoms with Crippen LogP contribution in [0.5, 0.6) is 0 Å². The fourth-order valence-electron chi connectivity index (χ4n) is 2.21. The lowest BCUT2D eigenvalue weighted by molar-refractivity contribution is 0.274. The van der Waals surface area contributed by atoms with E-state index in [-0.39, 0.29) is 11.7 Å². The molecule has 0 saturated carbocycles. The largest absolute Gasteiger partial charge is 0.379 e. The summed E-state index contributed by atoms with van der Waals surface area (Å²) in [6.07, 6.45) is 0.966. The van der Waals surface area contributed by atoms with E-state index in [9.17, 15) is 8.78 Å². The smallest absolute Gasteiger partial charge is 0.181 e. The molecule has 4 heteroatoms. The van der Waals surface area contributed by atoms with Gasteiger partial charge in [0.05, 0.1) is 5.69 Å². The highest BCUT2D eigenvalue weighted by molar-refractivity contribution is 5.46. The summed E-state index contributed by atoms with van der Waals surface area (Å²) in [6, 6.07) is 4.94. The minimum absolute atomic E-state index is 0.202. The van der Waals surface area contributed by atoms with Gasteiger partial charge in [0.1, 0.15) is 0 Å². The number of halogens is 2. The van der Waals surface area contributed by atoms with Crippen LogP contribution in [0.2, 0.25) is 0 Å². The zero-order chi connectivity index (χ0) is 12.4. The van der Waals surface area contributed by atoms with E-state index in [0.29, 0.717) is 6.04 Å². The van der Waals surface area contributed by atoms with Crippen LogP contribution >= 0.6 is 0 Å². The molecule has 2 rings (SSSR count). The second-order valence-corrected chi connectivity index (χ2v) is 4.82. The van der Waals surface area contributed by atoms with E-state index < -0.39 is 11.6 Å². The molecular formula is C13H18F2N2. The molecule has 0 aliphatic carbocycles. The summed E-state index contributed by atoms with van der Waals surface area (Å²) in [5.41, 5.74) is 0.264. The summed E-state index contributed by atoms with van der Waals surface area (Å²) >= 11 is 0. The van der Waals surface area contributed by atoms with Gasteiger partial charge in [-0.25, -0.2) is 8.78 Å². The van der Waals surface area contributed by atoms with Crippen LogP contribution in [0.15, 0.2) is 18.2 Å². The van der Waals surface area contributed by atoms with E-state index in [1.165, 1.54) is 6.07 Å². The molecule has 0 radical (unpaired) electrons. The van der Waals surface area contributed by atoms with E-state index >= 15 is 0 Å². The SMILES string of the molecule is CC(C)N1CCC(Nc2cccc(F)c2F)C1. The molecule has 2 nitrogen and oxygen atoms in total. The van der Waals surface area contributed by atoms with Crippen LogP contribution in [-0.2, 0) is 0 Å². The number of nitrogens with one attached hydrogen (secondary N) is 1. The van der Waals surface area contributed by atoms with Crippen molar-refractivity contribution in [3.63, 3.8) is 0 Å². The first kappa shape index (κ1) is 12.3.